The van der Waals surface area contributed by atoms with Gasteiger partial charge in [0.2, 0.25) is 5.91 Å². The Morgan fingerprint density at radius 3 is 2.64 bits per heavy atom. The first-order valence-corrected chi connectivity index (χ1v) is 10.1. The van der Waals surface area contributed by atoms with Crippen molar-refractivity contribution in [1.29, 1.82) is 0 Å². The third kappa shape index (κ3) is 4.07. The molecule has 3 N–H and O–H groups in total. The molecule has 1 aliphatic rings. The van der Waals surface area contributed by atoms with Gasteiger partial charge in [-0.05, 0) is 18.2 Å². The summed E-state index contributed by atoms with van der Waals surface area (Å²) in [5, 5.41) is 5.75. The zero-order valence-electron chi connectivity index (χ0n) is 15.4. The van der Waals surface area contributed by atoms with Crippen molar-refractivity contribution >= 4 is 33.9 Å². The molecular formula is C20H22N6OS. The van der Waals surface area contributed by atoms with Crippen LogP contribution in [-0.4, -0.2) is 53.5 Å². The van der Waals surface area contributed by atoms with Crippen LogP contribution in [0.5, 0.6) is 0 Å². The lowest BCUT2D eigenvalue weighted by atomic mass is 10.0. The maximum absolute atomic E-state index is 12.5. The summed E-state index contributed by atoms with van der Waals surface area (Å²) in [5.41, 5.74) is 9.04. The van der Waals surface area contributed by atoms with Gasteiger partial charge in [0.05, 0.1) is 6.54 Å². The van der Waals surface area contributed by atoms with Crippen molar-refractivity contribution in [2.24, 2.45) is 0 Å². The van der Waals surface area contributed by atoms with Crippen LogP contribution in [0.3, 0.4) is 0 Å². The first kappa shape index (κ1) is 18.2. The minimum absolute atomic E-state index is 0.103. The Hall–Kier alpha value is -3.13. The van der Waals surface area contributed by atoms with Crippen molar-refractivity contribution < 1.29 is 4.79 Å². The monoisotopic (exact) mass is 394 g/mol. The quantitative estimate of drug-likeness (QED) is 0.692. The third-order valence-corrected chi connectivity index (χ3v) is 5.53. The number of hydrogen-bond acceptors (Lipinski definition) is 7. The van der Waals surface area contributed by atoms with Crippen LogP contribution in [0.4, 0.5) is 16.6 Å². The van der Waals surface area contributed by atoms with Gasteiger partial charge in [0.25, 0.3) is 0 Å². The lowest BCUT2D eigenvalue weighted by molar-refractivity contribution is -0.129. The average Bonchev–Trinajstić information content (AvgIpc) is 3.26. The summed E-state index contributed by atoms with van der Waals surface area (Å²) < 4.78 is 0. The fourth-order valence-electron chi connectivity index (χ4n) is 3.33. The molecule has 1 aliphatic heterocycles. The number of nitrogens with two attached hydrogens (primary N) is 1. The van der Waals surface area contributed by atoms with E-state index in [0.717, 1.165) is 35.0 Å². The molecule has 8 heteroatoms. The van der Waals surface area contributed by atoms with E-state index in [-0.39, 0.29) is 12.5 Å². The van der Waals surface area contributed by atoms with E-state index in [4.69, 9.17) is 5.73 Å². The van der Waals surface area contributed by atoms with Crippen LogP contribution in [0.15, 0.2) is 54.2 Å². The molecule has 1 aromatic carbocycles. The number of benzene rings is 1. The molecule has 1 amide bonds. The van der Waals surface area contributed by atoms with Crippen molar-refractivity contribution in [3.05, 3.63) is 54.2 Å². The summed E-state index contributed by atoms with van der Waals surface area (Å²) in [6.45, 7) is 3.27. The number of thiazole rings is 1. The van der Waals surface area contributed by atoms with Gasteiger partial charge < -0.3 is 20.9 Å². The summed E-state index contributed by atoms with van der Waals surface area (Å²) in [6, 6.07) is 12.1. The highest BCUT2D eigenvalue weighted by atomic mass is 32.1. The number of para-hydroxylation sites is 1. The van der Waals surface area contributed by atoms with Crippen LogP contribution in [0.2, 0.25) is 0 Å². The first-order chi connectivity index (χ1) is 13.7. The van der Waals surface area contributed by atoms with Gasteiger partial charge in [-0.15, -0.1) is 11.3 Å². The molecule has 0 saturated carbocycles. The van der Waals surface area contributed by atoms with E-state index in [1.54, 1.807) is 12.4 Å². The molecule has 0 bridgehead atoms. The number of pyridine rings is 1. The molecule has 3 heterocycles. The van der Waals surface area contributed by atoms with E-state index >= 15 is 0 Å². The second kappa shape index (κ2) is 8.26. The maximum atomic E-state index is 12.5. The Morgan fingerprint density at radius 1 is 1.11 bits per heavy atom. The molecule has 0 aliphatic carbocycles. The molecule has 1 saturated heterocycles. The molecule has 2 aromatic heterocycles. The Balaban J connectivity index is 1.40. The Labute approximate surface area is 167 Å². The average molecular weight is 395 g/mol. The molecule has 0 radical (unpaired) electrons. The number of rotatable bonds is 5. The second-order valence-electron chi connectivity index (χ2n) is 6.55. The number of hydrogen-bond donors (Lipinski definition) is 2. The lowest BCUT2D eigenvalue weighted by Crippen LogP contribution is -2.50. The van der Waals surface area contributed by atoms with Crippen LogP contribution in [0, 0.1) is 0 Å². The topological polar surface area (TPSA) is 87.4 Å². The summed E-state index contributed by atoms with van der Waals surface area (Å²) >= 11 is 1.50. The Kier molecular flexibility index (Phi) is 5.38. The molecular weight excluding hydrogens is 372 g/mol. The zero-order valence-corrected chi connectivity index (χ0v) is 16.2. The summed E-state index contributed by atoms with van der Waals surface area (Å²) in [5.74, 6) is 0.616. The number of carbonyl (C=O) groups excluding carboxylic acids is 1. The first-order valence-electron chi connectivity index (χ1n) is 9.18. The molecule has 144 valence electrons. The van der Waals surface area contributed by atoms with E-state index in [0.29, 0.717) is 18.9 Å². The highest BCUT2D eigenvalue weighted by Gasteiger charge is 2.22. The van der Waals surface area contributed by atoms with Gasteiger partial charge in [0, 0.05) is 60.8 Å². The third-order valence-electron chi connectivity index (χ3n) is 4.80. The number of nitrogen functional groups attached to an aromatic ring is 1. The van der Waals surface area contributed by atoms with Crippen LogP contribution >= 0.6 is 11.3 Å². The largest absolute Gasteiger partial charge is 0.384 e. The Bertz CT molecular complexity index is 920. The van der Waals surface area contributed by atoms with E-state index in [2.05, 4.69) is 32.3 Å². The highest BCUT2D eigenvalue weighted by Crippen LogP contribution is 2.31. The van der Waals surface area contributed by atoms with Crippen LogP contribution in [0.1, 0.15) is 0 Å². The maximum Gasteiger partial charge on any atom is 0.242 e. The van der Waals surface area contributed by atoms with Gasteiger partial charge in [-0.25, -0.2) is 9.97 Å². The van der Waals surface area contributed by atoms with Gasteiger partial charge in [-0.2, -0.15) is 0 Å². The standard InChI is InChI=1S/C20H22N6OS/c21-18-6-5-15(13-23-18)16-3-1-2-4-17(16)25-8-10-26(11-9-25)19(27)14-24-20-22-7-12-28-20/h1-7,12-13H,8-11,14H2,(H2,21,23)(H,22,24). The van der Waals surface area contributed by atoms with Gasteiger partial charge in [0.1, 0.15) is 5.82 Å². The SMILES string of the molecule is Nc1ccc(-c2ccccc2N2CCN(C(=O)CNc3nccs3)CC2)cn1. The van der Waals surface area contributed by atoms with Crippen molar-refractivity contribution in [3.63, 3.8) is 0 Å². The molecule has 0 spiro atoms. The van der Waals surface area contributed by atoms with Gasteiger partial charge in [-0.1, -0.05) is 18.2 Å². The number of aromatic nitrogens is 2. The number of nitrogens with one attached hydrogen (secondary N) is 1. The van der Waals surface area contributed by atoms with E-state index in [1.165, 1.54) is 11.3 Å². The molecule has 3 aromatic rings. The predicted molar refractivity (Wildman–Crippen MR) is 113 cm³/mol. The molecule has 4 rings (SSSR count). The van der Waals surface area contributed by atoms with Crippen molar-refractivity contribution in [2.45, 2.75) is 0 Å². The van der Waals surface area contributed by atoms with Gasteiger partial charge >= 0.3 is 0 Å². The van der Waals surface area contributed by atoms with E-state index < -0.39 is 0 Å². The van der Waals surface area contributed by atoms with Crippen molar-refractivity contribution in [2.75, 3.05) is 48.7 Å². The minimum Gasteiger partial charge on any atom is -0.384 e. The molecule has 0 atom stereocenters. The second-order valence-corrected chi connectivity index (χ2v) is 7.44. The summed E-state index contributed by atoms with van der Waals surface area (Å²) in [6.07, 6.45) is 3.53. The van der Waals surface area contributed by atoms with Crippen LogP contribution < -0.4 is 16.0 Å². The van der Waals surface area contributed by atoms with Gasteiger partial charge in [-0.3, -0.25) is 4.79 Å². The number of nitrogens with zero attached hydrogens (tertiary/aromatic N) is 4. The number of anilines is 3. The highest BCUT2D eigenvalue weighted by molar-refractivity contribution is 7.13. The minimum atomic E-state index is 0.103. The molecule has 1 fully saturated rings. The molecule has 0 unspecified atom stereocenters. The van der Waals surface area contributed by atoms with E-state index in [1.807, 2.05) is 34.5 Å². The van der Waals surface area contributed by atoms with Gasteiger partial charge in [0.15, 0.2) is 5.13 Å². The van der Waals surface area contributed by atoms with Crippen LogP contribution in [0.25, 0.3) is 11.1 Å². The number of carbonyl (C=O) groups is 1. The molecule has 28 heavy (non-hydrogen) atoms. The normalized spacial score (nSPS) is 14.1. The summed E-state index contributed by atoms with van der Waals surface area (Å²) in [4.78, 5) is 25.0. The predicted octanol–water partition coefficient (Wildman–Crippen LogP) is 2.55. The summed E-state index contributed by atoms with van der Waals surface area (Å²) in [7, 11) is 0. The van der Waals surface area contributed by atoms with Crippen LogP contribution in [-0.2, 0) is 4.79 Å². The zero-order chi connectivity index (χ0) is 19.3. The lowest BCUT2D eigenvalue weighted by Gasteiger charge is -2.37. The molecule has 7 nitrogen and oxygen atoms in total. The fraction of sp³-hybridized carbons (Fsp3) is 0.250. The number of piperazine rings is 1. The van der Waals surface area contributed by atoms with E-state index in [9.17, 15) is 4.79 Å². The number of amides is 1. The fourth-order valence-corrected chi connectivity index (χ4v) is 3.86. The Morgan fingerprint density at radius 2 is 1.93 bits per heavy atom. The van der Waals surface area contributed by atoms with Crippen molar-refractivity contribution in [3.8, 4) is 11.1 Å². The van der Waals surface area contributed by atoms with Crippen molar-refractivity contribution in [1.82, 2.24) is 14.9 Å². The smallest absolute Gasteiger partial charge is 0.242 e.